The number of rotatable bonds is 8. The van der Waals surface area contributed by atoms with Crippen LogP contribution in [-0.2, 0) is 11.2 Å². The highest BCUT2D eigenvalue weighted by atomic mass is 16.1. The quantitative estimate of drug-likeness (QED) is 0.641. The fraction of sp³-hybridized carbons (Fsp3) is 0.364. The van der Waals surface area contributed by atoms with Crippen molar-refractivity contribution in [2.24, 2.45) is 5.73 Å². The molecule has 0 unspecified atom stereocenters. The lowest BCUT2D eigenvalue weighted by Gasteiger charge is -2.26. The van der Waals surface area contributed by atoms with E-state index in [9.17, 15) is 4.79 Å². The van der Waals surface area contributed by atoms with Gasteiger partial charge < -0.3 is 11.1 Å². The number of nitrogens with one attached hydrogen (secondary N) is 1. The van der Waals surface area contributed by atoms with Crippen LogP contribution in [-0.4, -0.2) is 27.5 Å². The Kier molecular flexibility index (Phi) is 5.91. The number of nitrogens with two attached hydrogens (primary N) is 1. The molecule has 0 aliphatic rings. The summed E-state index contributed by atoms with van der Waals surface area (Å²) < 4.78 is 2.13. The van der Waals surface area contributed by atoms with E-state index in [-0.39, 0.29) is 11.4 Å². The Hall–Kier alpha value is -2.66. The van der Waals surface area contributed by atoms with Crippen LogP contribution in [0.25, 0.3) is 16.7 Å². The summed E-state index contributed by atoms with van der Waals surface area (Å²) in [4.78, 5) is 17.1. The van der Waals surface area contributed by atoms with Crippen molar-refractivity contribution in [1.29, 1.82) is 0 Å². The number of aromatic nitrogens is 2. The smallest absolute Gasteiger partial charge is 0.220 e. The van der Waals surface area contributed by atoms with Gasteiger partial charge in [0, 0.05) is 30.6 Å². The van der Waals surface area contributed by atoms with Crippen molar-refractivity contribution >= 4 is 16.9 Å². The van der Waals surface area contributed by atoms with Gasteiger partial charge in [-0.2, -0.15) is 0 Å². The molecule has 2 aromatic carbocycles. The number of benzene rings is 2. The number of amides is 1. The Balaban J connectivity index is 1.76. The number of hydrogen-bond donors (Lipinski definition) is 2. The maximum absolute atomic E-state index is 12.4. The number of carbonyl (C=O) groups is 1. The highest BCUT2D eigenvalue weighted by molar-refractivity contribution is 5.79. The zero-order chi connectivity index (χ0) is 19.3. The zero-order valence-electron chi connectivity index (χ0n) is 16.1. The van der Waals surface area contributed by atoms with Crippen LogP contribution in [0.1, 0.15) is 38.9 Å². The largest absolute Gasteiger partial charge is 0.354 e. The van der Waals surface area contributed by atoms with Crippen molar-refractivity contribution in [2.45, 2.75) is 45.1 Å². The Morgan fingerprint density at radius 1 is 1.07 bits per heavy atom. The molecule has 0 saturated heterocycles. The summed E-state index contributed by atoms with van der Waals surface area (Å²) in [6.45, 7) is 4.61. The van der Waals surface area contributed by atoms with Gasteiger partial charge in [-0.3, -0.25) is 9.36 Å². The predicted octanol–water partition coefficient (Wildman–Crippen LogP) is 3.59. The number of carbonyl (C=O) groups excluding carboxylic acids is 1. The fourth-order valence-corrected chi connectivity index (χ4v) is 3.20. The van der Waals surface area contributed by atoms with E-state index in [0.29, 0.717) is 19.4 Å². The van der Waals surface area contributed by atoms with Crippen molar-refractivity contribution in [3.63, 3.8) is 0 Å². The SMILES string of the molecule is CCC(N)(CC)CNC(=O)CCc1nc2ccccc2n1-c1ccccc1. The van der Waals surface area contributed by atoms with Gasteiger partial charge in [0.25, 0.3) is 0 Å². The Bertz CT molecular complexity index is 897. The molecule has 27 heavy (non-hydrogen) atoms. The highest BCUT2D eigenvalue weighted by Gasteiger charge is 2.21. The third-order valence-corrected chi connectivity index (χ3v) is 5.27. The van der Waals surface area contributed by atoms with Gasteiger partial charge in [-0.15, -0.1) is 0 Å². The van der Waals surface area contributed by atoms with Crippen LogP contribution in [0.5, 0.6) is 0 Å². The molecule has 1 amide bonds. The standard InChI is InChI=1S/C22H28N4O/c1-3-22(23,4-2)16-24-21(27)15-14-20-25-18-12-8-9-13-19(18)26(20)17-10-6-5-7-11-17/h5-13H,3-4,14-16,23H2,1-2H3,(H,24,27). The third kappa shape index (κ3) is 4.37. The zero-order valence-corrected chi connectivity index (χ0v) is 16.1. The van der Waals surface area contributed by atoms with Crippen molar-refractivity contribution in [3.05, 3.63) is 60.4 Å². The second-order valence-corrected chi connectivity index (χ2v) is 7.03. The topological polar surface area (TPSA) is 72.9 Å². The first-order valence-electron chi connectivity index (χ1n) is 9.63. The average molecular weight is 364 g/mol. The summed E-state index contributed by atoms with van der Waals surface area (Å²) in [7, 11) is 0. The van der Waals surface area contributed by atoms with Gasteiger partial charge in [-0.1, -0.05) is 44.2 Å². The minimum absolute atomic E-state index is 0.0124. The second-order valence-electron chi connectivity index (χ2n) is 7.03. The van der Waals surface area contributed by atoms with Crippen molar-refractivity contribution < 1.29 is 4.79 Å². The van der Waals surface area contributed by atoms with Gasteiger partial charge in [0.15, 0.2) is 0 Å². The second kappa shape index (κ2) is 8.35. The molecule has 0 saturated carbocycles. The number of imidazole rings is 1. The molecule has 1 aromatic heterocycles. The van der Waals surface area contributed by atoms with Crippen LogP contribution in [0, 0.1) is 0 Å². The molecule has 0 spiro atoms. The van der Waals surface area contributed by atoms with Crippen LogP contribution < -0.4 is 11.1 Å². The molecule has 0 radical (unpaired) electrons. The Morgan fingerprint density at radius 2 is 1.74 bits per heavy atom. The highest BCUT2D eigenvalue weighted by Crippen LogP contribution is 2.22. The minimum Gasteiger partial charge on any atom is -0.354 e. The molecule has 0 fully saturated rings. The number of aryl methyl sites for hydroxylation is 1. The number of nitrogens with zero attached hydrogens (tertiary/aromatic N) is 2. The van der Waals surface area contributed by atoms with Crippen LogP contribution in [0.2, 0.25) is 0 Å². The molecule has 5 nitrogen and oxygen atoms in total. The van der Waals surface area contributed by atoms with E-state index in [1.807, 2.05) is 36.4 Å². The number of fused-ring (bicyclic) bond motifs is 1. The number of hydrogen-bond acceptors (Lipinski definition) is 3. The predicted molar refractivity (Wildman–Crippen MR) is 110 cm³/mol. The molecule has 3 N–H and O–H groups in total. The van der Waals surface area contributed by atoms with Crippen molar-refractivity contribution in [1.82, 2.24) is 14.9 Å². The van der Waals surface area contributed by atoms with E-state index in [4.69, 9.17) is 10.7 Å². The summed E-state index contributed by atoms with van der Waals surface area (Å²) in [5.41, 5.74) is 8.99. The van der Waals surface area contributed by atoms with Gasteiger partial charge in [0.2, 0.25) is 5.91 Å². The maximum Gasteiger partial charge on any atom is 0.220 e. The van der Waals surface area contributed by atoms with Crippen LogP contribution in [0.15, 0.2) is 54.6 Å². The van der Waals surface area contributed by atoms with E-state index in [0.717, 1.165) is 35.4 Å². The van der Waals surface area contributed by atoms with Crippen molar-refractivity contribution in [2.75, 3.05) is 6.54 Å². The molecule has 3 aromatic rings. The van der Waals surface area contributed by atoms with Gasteiger partial charge in [0.1, 0.15) is 5.82 Å². The lowest BCUT2D eigenvalue weighted by molar-refractivity contribution is -0.121. The van der Waals surface area contributed by atoms with Gasteiger partial charge in [-0.25, -0.2) is 4.98 Å². The van der Waals surface area contributed by atoms with Crippen LogP contribution >= 0.6 is 0 Å². The molecule has 0 bridgehead atoms. The maximum atomic E-state index is 12.4. The summed E-state index contributed by atoms with van der Waals surface area (Å²) in [5, 5.41) is 2.99. The summed E-state index contributed by atoms with van der Waals surface area (Å²) in [5.74, 6) is 0.904. The monoisotopic (exact) mass is 364 g/mol. The summed E-state index contributed by atoms with van der Waals surface area (Å²) in [6, 6.07) is 18.2. The Morgan fingerprint density at radius 3 is 2.44 bits per heavy atom. The minimum atomic E-state index is -0.327. The van der Waals surface area contributed by atoms with Gasteiger partial charge in [0.05, 0.1) is 11.0 Å². The first-order valence-corrected chi connectivity index (χ1v) is 9.63. The van der Waals surface area contributed by atoms with E-state index < -0.39 is 0 Å². The van der Waals surface area contributed by atoms with E-state index in [1.165, 1.54) is 0 Å². The van der Waals surface area contributed by atoms with Gasteiger partial charge in [-0.05, 0) is 37.1 Å². The molecule has 0 atom stereocenters. The molecule has 0 aliphatic carbocycles. The molecular formula is C22H28N4O. The molecule has 0 aliphatic heterocycles. The van der Waals surface area contributed by atoms with Crippen molar-refractivity contribution in [3.8, 4) is 5.69 Å². The lowest BCUT2D eigenvalue weighted by atomic mass is 9.94. The van der Waals surface area contributed by atoms with Crippen LogP contribution in [0.4, 0.5) is 0 Å². The average Bonchev–Trinajstić information content (AvgIpc) is 3.09. The molecular weight excluding hydrogens is 336 g/mol. The first-order chi connectivity index (χ1) is 13.1. The lowest BCUT2D eigenvalue weighted by Crippen LogP contribution is -2.49. The van der Waals surface area contributed by atoms with Gasteiger partial charge >= 0.3 is 0 Å². The summed E-state index contributed by atoms with van der Waals surface area (Å²) >= 11 is 0. The number of para-hydroxylation sites is 3. The summed E-state index contributed by atoms with van der Waals surface area (Å²) in [6.07, 6.45) is 2.64. The van der Waals surface area contributed by atoms with E-state index in [2.05, 4.69) is 41.9 Å². The molecule has 3 rings (SSSR count). The third-order valence-electron chi connectivity index (χ3n) is 5.27. The van der Waals surface area contributed by atoms with Crippen LogP contribution in [0.3, 0.4) is 0 Å². The Labute approximate surface area is 160 Å². The normalized spacial score (nSPS) is 11.7. The molecule has 142 valence electrons. The molecule has 1 heterocycles. The first kappa shape index (κ1) is 19.1. The van der Waals surface area contributed by atoms with E-state index in [1.54, 1.807) is 0 Å². The fourth-order valence-electron chi connectivity index (χ4n) is 3.20. The van der Waals surface area contributed by atoms with E-state index >= 15 is 0 Å². The molecule has 5 heteroatoms.